The Morgan fingerprint density at radius 1 is 1.03 bits per heavy atom. The number of hydrogen-bond donors (Lipinski definition) is 0. The first-order valence-corrected chi connectivity index (χ1v) is 10.7. The highest BCUT2D eigenvalue weighted by Crippen LogP contribution is 2.28. The van der Waals surface area contributed by atoms with Crippen molar-refractivity contribution in [3.63, 3.8) is 0 Å². The normalized spacial score (nSPS) is 15.6. The zero-order valence-electron chi connectivity index (χ0n) is 15.9. The largest absolute Gasteiger partial charge is 0.368 e. The third-order valence-corrected chi connectivity index (χ3v) is 7.02. The van der Waals surface area contributed by atoms with Gasteiger partial charge in [0.2, 0.25) is 10.0 Å². The Kier molecular flexibility index (Phi) is 4.93. The number of aryl methyl sites for hydroxylation is 1. The molecule has 0 spiro atoms. The summed E-state index contributed by atoms with van der Waals surface area (Å²) in [5.41, 5.74) is 2.84. The summed E-state index contributed by atoms with van der Waals surface area (Å²) >= 11 is 0. The molecular formula is C20H20N4O4S. The van der Waals surface area contributed by atoms with Crippen LogP contribution in [0, 0.1) is 17.0 Å². The second-order valence-corrected chi connectivity index (χ2v) is 8.93. The van der Waals surface area contributed by atoms with Crippen LogP contribution in [-0.2, 0) is 10.0 Å². The highest BCUT2D eigenvalue weighted by molar-refractivity contribution is 7.89. The van der Waals surface area contributed by atoms with Crippen molar-refractivity contribution in [3.05, 3.63) is 70.4 Å². The van der Waals surface area contributed by atoms with Crippen LogP contribution in [-0.4, -0.2) is 48.8 Å². The minimum Gasteiger partial charge on any atom is -0.368 e. The van der Waals surface area contributed by atoms with Gasteiger partial charge in [0.05, 0.1) is 15.3 Å². The van der Waals surface area contributed by atoms with Gasteiger partial charge in [-0.3, -0.25) is 15.1 Å². The van der Waals surface area contributed by atoms with Gasteiger partial charge in [-0.05, 0) is 30.7 Å². The number of nitro benzene ring substituents is 1. The minimum absolute atomic E-state index is 0.0509. The maximum absolute atomic E-state index is 12.9. The van der Waals surface area contributed by atoms with Crippen molar-refractivity contribution < 1.29 is 13.3 Å². The molecule has 1 saturated heterocycles. The van der Waals surface area contributed by atoms with E-state index in [9.17, 15) is 18.5 Å². The zero-order chi connectivity index (χ0) is 20.6. The van der Waals surface area contributed by atoms with Gasteiger partial charge in [0, 0.05) is 55.6 Å². The van der Waals surface area contributed by atoms with E-state index in [2.05, 4.69) is 9.88 Å². The summed E-state index contributed by atoms with van der Waals surface area (Å²) in [4.78, 5) is 16.9. The summed E-state index contributed by atoms with van der Waals surface area (Å²) in [5.74, 6) is 0. The highest BCUT2D eigenvalue weighted by Gasteiger charge is 2.30. The second-order valence-electron chi connectivity index (χ2n) is 7.00. The van der Waals surface area contributed by atoms with Crippen LogP contribution in [0.4, 0.5) is 11.4 Å². The Morgan fingerprint density at radius 3 is 2.52 bits per heavy atom. The molecule has 1 aromatic heterocycles. The predicted molar refractivity (Wildman–Crippen MR) is 111 cm³/mol. The third-order valence-electron chi connectivity index (χ3n) is 5.12. The van der Waals surface area contributed by atoms with Gasteiger partial charge in [0.25, 0.3) is 5.69 Å². The molecule has 1 aliphatic heterocycles. The first kappa shape index (κ1) is 19.3. The number of piperazine rings is 1. The third kappa shape index (κ3) is 3.66. The molecule has 8 nitrogen and oxygen atoms in total. The van der Waals surface area contributed by atoms with E-state index in [1.165, 1.54) is 22.5 Å². The smallest absolute Gasteiger partial charge is 0.270 e. The SMILES string of the molecule is Cc1ccc2c(N3CCN(S(=O)(=O)c4cccc([N+](=O)[O-])c4)CC3)ccnc2c1. The summed E-state index contributed by atoms with van der Waals surface area (Å²) < 4.78 is 27.2. The zero-order valence-corrected chi connectivity index (χ0v) is 16.7. The molecule has 1 aliphatic rings. The van der Waals surface area contributed by atoms with Crippen LogP contribution >= 0.6 is 0 Å². The molecule has 1 fully saturated rings. The molecule has 2 heterocycles. The Labute approximate surface area is 168 Å². The van der Waals surface area contributed by atoms with Crippen LogP contribution in [0.2, 0.25) is 0 Å². The second kappa shape index (κ2) is 7.41. The van der Waals surface area contributed by atoms with Crippen LogP contribution in [0.25, 0.3) is 10.9 Å². The maximum Gasteiger partial charge on any atom is 0.270 e. The monoisotopic (exact) mass is 412 g/mol. The molecule has 0 saturated carbocycles. The summed E-state index contributed by atoms with van der Waals surface area (Å²) in [5, 5.41) is 12.0. The molecule has 0 bridgehead atoms. The number of aromatic nitrogens is 1. The van der Waals surface area contributed by atoms with Crippen molar-refractivity contribution in [2.24, 2.45) is 0 Å². The van der Waals surface area contributed by atoms with Crippen molar-refractivity contribution in [2.45, 2.75) is 11.8 Å². The Morgan fingerprint density at radius 2 is 1.79 bits per heavy atom. The Bertz CT molecular complexity index is 1190. The van der Waals surface area contributed by atoms with Crippen molar-refractivity contribution in [3.8, 4) is 0 Å². The standard InChI is InChI=1S/C20H20N4O4S/c1-15-5-6-18-19(13-15)21-8-7-20(18)22-9-11-23(12-10-22)29(27,28)17-4-2-3-16(14-17)24(25)26/h2-8,13-14H,9-12H2,1H3. The number of nitro groups is 1. The van der Waals surface area contributed by atoms with Gasteiger partial charge < -0.3 is 4.90 Å². The maximum atomic E-state index is 12.9. The van der Waals surface area contributed by atoms with E-state index in [1.807, 2.05) is 31.2 Å². The molecule has 0 unspecified atom stereocenters. The Balaban J connectivity index is 1.55. The number of pyridine rings is 1. The fourth-order valence-electron chi connectivity index (χ4n) is 3.59. The fourth-order valence-corrected chi connectivity index (χ4v) is 5.06. The lowest BCUT2D eigenvalue weighted by atomic mass is 10.1. The first-order valence-electron chi connectivity index (χ1n) is 9.21. The number of non-ortho nitro benzene ring substituents is 1. The number of fused-ring (bicyclic) bond motifs is 1. The molecule has 0 radical (unpaired) electrons. The van der Waals surface area contributed by atoms with E-state index >= 15 is 0 Å². The molecule has 3 aromatic rings. The Hall–Kier alpha value is -3.04. The fraction of sp³-hybridized carbons (Fsp3) is 0.250. The molecular weight excluding hydrogens is 392 g/mol. The lowest BCUT2D eigenvalue weighted by molar-refractivity contribution is -0.385. The number of benzene rings is 2. The van der Waals surface area contributed by atoms with Gasteiger partial charge in [0.15, 0.2) is 0 Å². The van der Waals surface area contributed by atoms with E-state index in [-0.39, 0.29) is 10.6 Å². The van der Waals surface area contributed by atoms with E-state index in [0.29, 0.717) is 26.2 Å². The van der Waals surface area contributed by atoms with Gasteiger partial charge in [-0.15, -0.1) is 0 Å². The van der Waals surface area contributed by atoms with Gasteiger partial charge in [-0.2, -0.15) is 4.31 Å². The lowest BCUT2D eigenvalue weighted by Crippen LogP contribution is -2.48. The topological polar surface area (TPSA) is 96.7 Å². The van der Waals surface area contributed by atoms with Crippen molar-refractivity contribution in [1.29, 1.82) is 0 Å². The van der Waals surface area contributed by atoms with Crippen LogP contribution in [0.3, 0.4) is 0 Å². The van der Waals surface area contributed by atoms with E-state index < -0.39 is 14.9 Å². The average Bonchev–Trinajstić information content (AvgIpc) is 2.73. The number of nitrogens with zero attached hydrogens (tertiary/aromatic N) is 4. The van der Waals surface area contributed by atoms with Gasteiger partial charge >= 0.3 is 0 Å². The highest BCUT2D eigenvalue weighted by atomic mass is 32.2. The average molecular weight is 412 g/mol. The molecule has 0 aliphatic carbocycles. The number of rotatable bonds is 4. The molecule has 0 atom stereocenters. The van der Waals surface area contributed by atoms with Gasteiger partial charge in [-0.25, -0.2) is 8.42 Å². The molecule has 2 aromatic carbocycles. The summed E-state index contributed by atoms with van der Waals surface area (Å²) in [6.45, 7) is 3.69. The predicted octanol–water partition coefficient (Wildman–Crippen LogP) is 2.96. The van der Waals surface area contributed by atoms with Crippen molar-refractivity contribution in [1.82, 2.24) is 9.29 Å². The summed E-state index contributed by atoms with van der Waals surface area (Å²) in [6, 6.07) is 13.2. The molecule has 4 rings (SSSR count). The minimum atomic E-state index is -3.78. The number of sulfonamides is 1. The van der Waals surface area contributed by atoms with Gasteiger partial charge in [0.1, 0.15) is 0 Å². The van der Waals surface area contributed by atoms with E-state index in [1.54, 1.807) is 6.20 Å². The van der Waals surface area contributed by atoms with E-state index in [4.69, 9.17) is 0 Å². The van der Waals surface area contributed by atoms with Crippen molar-refractivity contribution >= 4 is 32.3 Å². The van der Waals surface area contributed by atoms with Gasteiger partial charge in [-0.1, -0.05) is 18.2 Å². The van der Waals surface area contributed by atoms with Crippen LogP contribution < -0.4 is 4.90 Å². The number of anilines is 1. The molecule has 0 amide bonds. The number of hydrogen-bond acceptors (Lipinski definition) is 6. The lowest BCUT2D eigenvalue weighted by Gasteiger charge is -2.35. The first-order chi connectivity index (χ1) is 13.9. The van der Waals surface area contributed by atoms with Crippen molar-refractivity contribution in [2.75, 3.05) is 31.1 Å². The van der Waals surface area contributed by atoms with E-state index in [0.717, 1.165) is 28.2 Å². The molecule has 29 heavy (non-hydrogen) atoms. The van der Waals surface area contributed by atoms with Crippen LogP contribution in [0.5, 0.6) is 0 Å². The quantitative estimate of drug-likeness (QED) is 0.483. The van der Waals surface area contributed by atoms with Crippen LogP contribution in [0.1, 0.15) is 5.56 Å². The molecule has 0 N–H and O–H groups in total. The van der Waals surface area contributed by atoms with Crippen LogP contribution in [0.15, 0.2) is 59.6 Å². The molecule has 150 valence electrons. The molecule has 9 heteroatoms. The summed E-state index contributed by atoms with van der Waals surface area (Å²) in [7, 11) is -3.78. The summed E-state index contributed by atoms with van der Waals surface area (Å²) in [6.07, 6.45) is 1.77.